The number of benzene rings is 2. The number of ether oxygens (including phenoxy) is 1. The summed E-state index contributed by atoms with van der Waals surface area (Å²) in [5, 5.41) is 0. The second-order valence-electron chi connectivity index (χ2n) is 7.70. The molecule has 0 N–H and O–H groups in total. The number of hydrogen-bond acceptors (Lipinski definition) is 2. The molecule has 1 saturated carbocycles. The molecule has 2 aromatic carbocycles. The molecule has 2 aromatic rings. The first-order valence-electron chi connectivity index (χ1n) is 9.29. The molecule has 150 valence electrons. The average molecular weight is 397 g/mol. The predicted octanol–water partition coefficient (Wildman–Crippen LogP) is 5.17. The number of piperidine rings is 1. The molecule has 4 rings (SSSR count). The lowest BCUT2D eigenvalue weighted by atomic mass is 10.0. The Balaban J connectivity index is 1.25. The van der Waals surface area contributed by atoms with Crippen LogP contribution in [0.3, 0.4) is 0 Å². The number of hydrogen-bond donors (Lipinski definition) is 0. The van der Waals surface area contributed by atoms with E-state index in [1.807, 2.05) is 6.07 Å². The van der Waals surface area contributed by atoms with Crippen LogP contribution in [0, 0.1) is 29.4 Å². The van der Waals surface area contributed by atoms with Crippen molar-refractivity contribution >= 4 is 0 Å². The lowest BCUT2D eigenvalue weighted by Crippen LogP contribution is -2.24. The topological polar surface area (TPSA) is 12.5 Å². The maximum atomic E-state index is 13.3. The maximum Gasteiger partial charge on any atom is 0.573 e. The molecular weight excluding hydrogens is 377 g/mol. The van der Waals surface area contributed by atoms with E-state index in [2.05, 4.69) is 9.64 Å². The fourth-order valence-electron chi connectivity index (χ4n) is 4.49. The average Bonchev–Trinajstić information content (AvgIpc) is 3.02. The van der Waals surface area contributed by atoms with Crippen molar-refractivity contribution in [1.82, 2.24) is 4.90 Å². The van der Waals surface area contributed by atoms with Gasteiger partial charge in [0.25, 0.3) is 0 Å². The highest BCUT2D eigenvalue weighted by molar-refractivity contribution is 5.29. The number of rotatable bonds is 6. The van der Waals surface area contributed by atoms with Gasteiger partial charge >= 0.3 is 6.36 Å². The summed E-state index contributed by atoms with van der Waals surface area (Å²) in [7, 11) is 0. The maximum absolute atomic E-state index is 13.3. The Labute approximate surface area is 159 Å². The van der Waals surface area contributed by atoms with Crippen LogP contribution in [0.15, 0.2) is 42.5 Å². The number of fused-ring (bicyclic) bond motifs is 1. The van der Waals surface area contributed by atoms with Crippen molar-refractivity contribution < 1.29 is 26.7 Å². The van der Waals surface area contributed by atoms with Crippen LogP contribution < -0.4 is 4.74 Å². The SMILES string of the molecule is Fc1cc(F)cc(CN2CC3C(CCc4cccc(OC(F)(F)F)c4)C3C2)c1. The van der Waals surface area contributed by atoms with Gasteiger partial charge in [-0.15, -0.1) is 13.2 Å². The number of aryl methyl sites for hydroxylation is 1. The van der Waals surface area contributed by atoms with Crippen LogP contribution in [0.25, 0.3) is 0 Å². The Bertz CT molecular complexity index is 821. The zero-order valence-electron chi connectivity index (χ0n) is 15.1. The summed E-state index contributed by atoms with van der Waals surface area (Å²) >= 11 is 0. The number of alkyl halides is 3. The summed E-state index contributed by atoms with van der Waals surface area (Å²) in [6, 6.07) is 9.72. The van der Waals surface area contributed by atoms with Crippen LogP contribution in [-0.2, 0) is 13.0 Å². The van der Waals surface area contributed by atoms with Gasteiger partial charge in [0.05, 0.1) is 0 Å². The van der Waals surface area contributed by atoms with Gasteiger partial charge in [0, 0.05) is 25.7 Å². The number of halogens is 5. The molecule has 2 fully saturated rings. The molecule has 0 spiro atoms. The fraction of sp³-hybridized carbons (Fsp3) is 0.429. The summed E-state index contributed by atoms with van der Waals surface area (Å²) in [6.45, 7) is 2.32. The normalized spacial score (nSPS) is 24.2. The smallest absolute Gasteiger partial charge is 0.406 e. The van der Waals surface area contributed by atoms with Gasteiger partial charge in [-0.2, -0.15) is 0 Å². The minimum atomic E-state index is -4.68. The van der Waals surface area contributed by atoms with Crippen LogP contribution >= 0.6 is 0 Å². The third-order valence-electron chi connectivity index (χ3n) is 5.67. The predicted molar refractivity (Wildman–Crippen MR) is 93.6 cm³/mol. The second-order valence-corrected chi connectivity index (χ2v) is 7.70. The van der Waals surface area contributed by atoms with Gasteiger partial charge in [0.2, 0.25) is 0 Å². The summed E-state index contributed by atoms with van der Waals surface area (Å²) in [4.78, 5) is 2.21. The Morgan fingerprint density at radius 2 is 1.61 bits per heavy atom. The van der Waals surface area contributed by atoms with Gasteiger partial charge in [0.1, 0.15) is 17.4 Å². The van der Waals surface area contributed by atoms with E-state index in [4.69, 9.17) is 0 Å². The van der Waals surface area contributed by atoms with Gasteiger partial charge in [0.15, 0.2) is 0 Å². The third kappa shape index (κ3) is 4.63. The van der Waals surface area contributed by atoms with E-state index in [-0.39, 0.29) is 5.75 Å². The molecule has 7 heteroatoms. The summed E-state index contributed by atoms with van der Waals surface area (Å²) < 4.78 is 67.5. The highest BCUT2D eigenvalue weighted by Gasteiger charge is 2.54. The molecule has 1 saturated heterocycles. The molecular formula is C21H20F5NO. The molecule has 0 aromatic heterocycles. The quantitative estimate of drug-likeness (QED) is 0.624. The monoisotopic (exact) mass is 397 g/mol. The molecule has 1 heterocycles. The molecule has 1 aliphatic carbocycles. The third-order valence-corrected chi connectivity index (χ3v) is 5.67. The van der Waals surface area contributed by atoms with Crippen LogP contribution in [0.4, 0.5) is 22.0 Å². The Morgan fingerprint density at radius 3 is 2.25 bits per heavy atom. The van der Waals surface area contributed by atoms with Gasteiger partial charge in [-0.25, -0.2) is 8.78 Å². The van der Waals surface area contributed by atoms with Crippen molar-refractivity contribution in [3.05, 3.63) is 65.2 Å². The largest absolute Gasteiger partial charge is 0.573 e. The van der Waals surface area contributed by atoms with E-state index in [9.17, 15) is 22.0 Å². The van der Waals surface area contributed by atoms with Crippen molar-refractivity contribution in [2.24, 2.45) is 17.8 Å². The first kappa shape index (κ1) is 19.2. The lowest BCUT2D eigenvalue weighted by molar-refractivity contribution is -0.274. The molecule has 2 nitrogen and oxygen atoms in total. The second kappa shape index (κ2) is 7.35. The van der Waals surface area contributed by atoms with Crippen LogP contribution in [0.2, 0.25) is 0 Å². The summed E-state index contributed by atoms with van der Waals surface area (Å²) in [5.74, 6) is 0.381. The van der Waals surface area contributed by atoms with E-state index in [1.165, 1.54) is 24.3 Å². The number of nitrogens with zero attached hydrogens (tertiary/aromatic N) is 1. The van der Waals surface area contributed by atoms with Crippen LogP contribution in [0.5, 0.6) is 5.75 Å². The minimum Gasteiger partial charge on any atom is -0.406 e. The van der Waals surface area contributed by atoms with E-state index in [1.54, 1.807) is 6.07 Å². The molecule has 1 aliphatic heterocycles. The zero-order valence-corrected chi connectivity index (χ0v) is 15.1. The molecule has 0 radical (unpaired) electrons. The van der Waals surface area contributed by atoms with Gasteiger partial charge in [-0.05, 0) is 66.0 Å². The molecule has 2 unspecified atom stereocenters. The molecule has 0 bridgehead atoms. The standard InChI is InChI=1S/C21H20F5NO/c22-15-6-14(7-16(23)9-15)10-27-11-19-18(20(19)12-27)5-4-13-2-1-3-17(8-13)28-21(24,25)26/h1-3,6-9,18-20H,4-5,10-12H2. The van der Waals surface area contributed by atoms with Crippen molar-refractivity contribution in [2.75, 3.05) is 13.1 Å². The Kier molecular flexibility index (Phi) is 5.04. The first-order valence-corrected chi connectivity index (χ1v) is 9.29. The molecule has 2 aliphatic rings. The zero-order chi connectivity index (χ0) is 19.9. The summed E-state index contributed by atoms with van der Waals surface area (Å²) in [5.41, 5.74) is 1.47. The van der Waals surface area contributed by atoms with Crippen molar-refractivity contribution in [2.45, 2.75) is 25.7 Å². The Hall–Kier alpha value is -2.15. The van der Waals surface area contributed by atoms with Gasteiger partial charge in [-0.3, -0.25) is 4.90 Å². The fourth-order valence-corrected chi connectivity index (χ4v) is 4.49. The van der Waals surface area contributed by atoms with E-state index in [0.29, 0.717) is 36.3 Å². The first-order chi connectivity index (χ1) is 13.3. The molecule has 2 atom stereocenters. The highest BCUT2D eigenvalue weighted by Crippen LogP contribution is 2.54. The van der Waals surface area contributed by atoms with Gasteiger partial charge in [-0.1, -0.05) is 12.1 Å². The molecule has 0 amide bonds. The Morgan fingerprint density at radius 1 is 0.929 bits per heavy atom. The van der Waals surface area contributed by atoms with Crippen LogP contribution in [0.1, 0.15) is 17.5 Å². The van der Waals surface area contributed by atoms with Crippen LogP contribution in [-0.4, -0.2) is 24.4 Å². The van der Waals surface area contributed by atoms with Crippen molar-refractivity contribution in [3.8, 4) is 5.75 Å². The molecule has 28 heavy (non-hydrogen) atoms. The van der Waals surface area contributed by atoms with Crippen molar-refractivity contribution in [3.63, 3.8) is 0 Å². The summed E-state index contributed by atoms with van der Waals surface area (Å²) in [6.07, 6.45) is -3.05. The van der Waals surface area contributed by atoms with Crippen molar-refractivity contribution in [1.29, 1.82) is 0 Å². The highest BCUT2D eigenvalue weighted by atomic mass is 19.4. The van der Waals surface area contributed by atoms with E-state index in [0.717, 1.165) is 31.1 Å². The van der Waals surface area contributed by atoms with Gasteiger partial charge < -0.3 is 4.74 Å². The lowest BCUT2D eigenvalue weighted by Gasteiger charge is -2.19. The number of likely N-dealkylation sites (tertiary alicyclic amines) is 1. The minimum absolute atomic E-state index is 0.186. The van der Waals surface area contributed by atoms with E-state index < -0.39 is 18.0 Å². The van der Waals surface area contributed by atoms with E-state index >= 15 is 0 Å².